The minimum absolute atomic E-state index is 0.123. The lowest BCUT2D eigenvalue weighted by Gasteiger charge is -2.01. The maximum atomic E-state index is 9.61. The third kappa shape index (κ3) is 1.75. The van der Waals surface area contributed by atoms with E-state index < -0.39 is 0 Å². The zero-order valence-electron chi connectivity index (χ0n) is 7.18. The van der Waals surface area contributed by atoms with Crippen LogP contribution in [0, 0.1) is 0 Å². The molecule has 4 heteroatoms. The van der Waals surface area contributed by atoms with E-state index in [2.05, 4.69) is 26.1 Å². The van der Waals surface area contributed by atoms with E-state index in [4.69, 9.17) is 0 Å². The molecule has 2 rings (SSSR count). The van der Waals surface area contributed by atoms with E-state index >= 15 is 0 Å². The van der Waals surface area contributed by atoms with Crippen molar-refractivity contribution in [3.05, 3.63) is 41.0 Å². The number of hydrogen-bond donors (Lipinski definition) is 1. The third-order valence-electron chi connectivity index (χ3n) is 1.79. The first-order valence-corrected chi connectivity index (χ1v) is 4.84. The first-order chi connectivity index (χ1) is 6.77. The summed E-state index contributed by atoms with van der Waals surface area (Å²) < 4.78 is 0.523. The Balaban J connectivity index is 2.53. The molecule has 0 unspecified atom stereocenters. The van der Waals surface area contributed by atoms with Crippen LogP contribution in [0.15, 0.2) is 41.0 Å². The standard InChI is InChI=1S/C10H7BrN2O/c11-9-6-8(14)10(13-12-9)7-4-2-1-3-5-7/h1-6H,(H,12,14). The van der Waals surface area contributed by atoms with Crippen molar-refractivity contribution < 1.29 is 5.11 Å². The molecule has 0 saturated heterocycles. The Kier molecular flexibility index (Phi) is 2.45. The molecular weight excluding hydrogens is 244 g/mol. The molecule has 1 aromatic carbocycles. The van der Waals surface area contributed by atoms with E-state index in [0.29, 0.717) is 10.3 Å². The normalized spacial score (nSPS) is 10.1. The van der Waals surface area contributed by atoms with Crippen LogP contribution in [-0.2, 0) is 0 Å². The average molecular weight is 251 g/mol. The fraction of sp³-hybridized carbons (Fsp3) is 0. The maximum absolute atomic E-state index is 9.61. The number of halogens is 1. The molecule has 0 bridgehead atoms. The average Bonchev–Trinajstić information content (AvgIpc) is 2.19. The number of rotatable bonds is 1. The highest BCUT2D eigenvalue weighted by molar-refractivity contribution is 9.10. The van der Waals surface area contributed by atoms with E-state index in [-0.39, 0.29) is 5.75 Å². The van der Waals surface area contributed by atoms with Crippen LogP contribution in [0.3, 0.4) is 0 Å². The summed E-state index contributed by atoms with van der Waals surface area (Å²) in [6.45, 7) is 0. The molecule has 0 radical (unpaired) electrons. The molecule has 0 amide bonds. The molecule has 0 aliphatic carbocycles. The quantitative estimate of drug-likeness (QED) is 0.847. The predicted octanol–water partition coefficient (Wildman–Crippen LogP) is 2.61. The highest BCUT2D eigenvalue weighted by atomic mass is 79.9. The minimum Gasteiger partial charge on any atom is -0.505 e. The zero-order valence-corrected chi connectivity index (χ0v) is 8.77. The molecule has 70 valence electrons. The largest absolute Gasteiger partial charge is 0.505 e. The third-order valence-corrected chi connectivity index (χ3v) is 2.18. The number of nitrogens with zero attached hydrogens (tertiary/aromatic N) is 2. The Morgan fingerprint density at radius 2 is 1.79 bits per heavy atom. The molecule has 1 aromatic heterocycles. The number of aromatic nitrogens is 2. The van der Waals surface area contributed by atoms with Gasteiger partial charge in [-0.25, -0.2) is 0 Å². The summed E-state index contributed by atoms with van der Waals surface area (Å²) in [5.41, 5.74) is 1.35. The van der Waals surface area contributed by atoms with Crippen molar-refractivity contribution in [1.82, 2.24) is 10.2 Å². The van der Waals surface area contributed by atoms with Crippen molar-refractivity contribution in [3.8, 4) is 17.0 Å². The van der Waals surface area contributed by atoms with Gasteiger partial charge in [-0.15, -0.1) is 10.2 Å². The van der Waals surface area contributed by atoms with Crippen molar-refractivity contribution in [3.63, 3.8) is 0 Å². The van der Waals surface area contributed by atoms with Crippen molar-refractivity contribution >= 4 is 15.9 Å². The monoisotopic (exact) mass is 250 g/mol. The fourth-order valence-electron chi connectivity index (χ4n) is 1.16. The number of aromatic hydroxyl groups is 1. The number of benzene rings is 1. The summed E-state index contributed by atoms with van der Waals surface area (Å²) in [4.78, 5) is 0. The molecule has 0 fully saturated rings. The van der Waals surface area contributed by atoms with Gasteiger partial charge in [0.05, 0.1) is 0 Å². The van der Waals surface area contributed by atoms with E-state index in [9.17, 15) is 5.11 Å². The Hall–Kier alpha value is -1.42. The lowest BCUT2D eigenvalue weighted by molar-refractivity contribution is 0.472. The molecule has 1 heterocycles. The van der Waals surface area contributed by atoms with Crippen molar-refractivity contribution in [2.45, 2.75) is 0 Å². The molecular formula is C10H7BrN2O. The van der Waals surface area contributed by atoms with Crippen LogP contribution in [0.1, 0.15) is 0 Å². The smallest absolute Gasteiger partial charge is 0.146 e. The second-order valence-corrected chi connectivity index (χ2v) is 3.58. The molecule has 1 N–H and O–H groups in total. The lowest BCUT2D eigenvalue weighted by atomic mass is 10.1. The summed E-state index contributed by atoms with van der Waals surface area (Å²) in [7, 11) is 0. The molecule has 3 nitrogen and oxygen atoms in total. The van der Waals surface area contributed by atoms with Gasteiger partial charge in [-0.2, -0.15) is 0 Å². The summed E-state index contributed by atoms with van der Waals surface area (Å²) in [5, 5.41) is 17.3. The molecule has 0 spiro atoms. The van der Waals surface area contributed by atoms with E-state index in [1.165, 1.54) is 6.07 Å². The SMILES string of the molecule is Oc1cc(Br)nnc1-c1ccccc1. The Labute approximate surface area is 89.6 Å². The van der Waals surface area contributed by atoms with Crippen molar-refractivity contribution in [2.75, 3.05) is 0 Å². The van der Waals surface area contributed by atoms with Gasteiger partial charge < -0.3 is 5.11 Å². The highest BCUT2D eigenvalue weighted by Crippen LogP contribution is 2.27. The summed E-state index contributed by atoms with van der Waals surface area (Å²) in [6, 6.07) is 11.0. The van der Waals surface area contributed by atoms with Crippen LogP contribution < -0.4 is 0 Å². The fourth-order valence-corrected chi connectivity index (χ4v) is 1.46. The van der Waals surface area contributed by atoms with Crippen LogP contribution in [0.5, 0.6) is 5.75 Å². The van der Waals surface area contributed by atoms with Gasteiger partial charge in [0, 0.05) is 11.6 Å². The summed E-state index contributed by atoms with van der Waals surface area (Å²) in [5.74, 6) is 0.123. The van der Waals surface area contributed by atoms with Crippen LogP contribution in [-0.4, -0.2) is 15.3 Å². The topological polar surface area (TPSA) is 46.0 Å². The maximum Gasteiger partial charge on any atom is 0.146 e. The number of hydrogen-bond acceptors (Lipinski definition) is 3. The van der Waals surface area contributed by atoms with Gasteiger partial charge in [-0.3, -0.25) is 0 Å². The molecule has 2 aromatic rings. The van der Waals surface area contributed by atoms with Gasteiger partial charge in [0.25, 0.3) is 0 Å². The Bertz CT molecular complexity index is 445. The van der Waals surface area contributed by atoms with E-state index in [0.717, 1.165) is 5.56 Å². The van der Waals surface area contributed by atoms with E-state index in [1.54, 1.807) is 0 Å². The van der Waals surface area contributed by atoms with Crippen LogP contribution in [0.4, 0.5) is 0 Å². The summed E-state index contributed by atoms with van der Waals surface area (Å²) in [6.07, 6.45) is 0. The highest BCUT2D eigenvalue weighted by Gasteiger charge is 2.06. The summed E-state index contributed by atoms with van der Waals surface area (Å²) >= 11 is 3.14. The molecule has 14 heavy (non-hydrogen) atoms. The molecule has 0 aliphatic heterocycles. The van der Waals surface area contributed by atoms with Crippen molar-refractivity contribution in [2.24, 2.45) is 0 Å². The second-order valence-electron chi connectivity index (χ2n) is 2.77. The zero-order chi connectivity index (χ0) is 9.97. The van der Waals surface area contributed by atoms with Gasteiger partial charge in [0.1, 0.15) is 16.0 Å². The predicted molar refractivity (Wildman–Crippen MR) is 56.8 cm³/mol. The molecule has 0 saturated carbocycles. The van der Waals surface area contributed by atoms with Gasteiger partial charge in [-0.1, -0.05) is 30.3 Å². The molecule has 0 aliphatic rings. The lowest BCUT2D eigenvalue weighted by Crippen LogP contribution is -1.88. The minimum atomic E-state index is 0.123. The molecule has 0 atom stereocenters. The van der Waals surface area contributed by atoms with Gasteiger partial charge in [0.2, 0.25) is 0 Å². The second kappa shape index (κ2) is 3.75. The van der Waals surface area contributed by atoms with E-state index in [1.807, 2.05) is 30.3 Å². The Morgan fingerprint density at radius 3 is 2.43 bits per heavy atom. The van der Waals surface area contributed by atoms with Gasteiger partial charge in [-0.05, 0) is 15.9 Å². The Morgan fingerprint density at radius 1 is 1.07 bits per heavy atom. The van der Waals surface area contributed by atoms with Crippen LogP contribution in [0.25, 0.3) is 11.3 Å². The van der Waals surface area contributed by atoms with Crippen LogP contribution in [0.2, 0.25) is 0 Å². The van der Waals surface area contributed by atoms with Gasteiger partial charge >= 0.3 is 0 Å². The van der Waals surface area contributed by atoms with Crippen LogP contribution >= 0.6 is 15.9 Å². The first kappa shape index (κ1) is 9.15. The van der Waals surface area contributed by atoms with Crippen molar-refractivity contribution in [1.29, 1.82) is 0 Å². The first-order valence-electron chi connectivity index (χ1n) is 4.05. The van der Waals surface area contributed by atoms with Gasteiger partial charge in [0.15, 0.2) is 0 Å².